The molecule has 0 radical (unpaired) electrons. The second-order valence-electron chi connectivity index (χ2n) is 1.95. The Hall–Kier alpha value is -1.46. The van der Waals surface area contributed by atoms with Gasteiger partial charge in [0.15, 0.2) is 0 Å². The van der Waals surface area contributed by atoms with E-state index in [2.05, 4.69) is 15.5 Å². The second-order valence-corrected chi connectivity index (χ2v) is 1.95. The van der Waals surface area contributed by atoms with Gasteiger partial charge in [-0.15, -0.1) is 0 Å². The number of carbonyl (C=O) groups excluding carboxylic acids is 2. The van der Waals surface area contributed by atoms with Crippen molar-refractivity contribution in [3.63, 3.8) is 0 Å². The van der Waals surface area contributed by atoms with Crippen LogP contribution < -0.4 is 10.7 Å². The Labute approximate surface area is 70.8 Å². The first-order valence-electron chi connectivity index (χ1n) is 3.50. The van der Waals surface area contributed by atoms with Crippen LogP contribution in [0.2, 0.25) is 0 Å². The summed E-state index contributed by atoms with van der Waals surface area (Å²) in [5.74, 6) is 0. The number of carbonyl (C=O) groups is 2. The molecule has 6 nitrogen and oxygen atoms in total. The Kier molecular flexibility index (Phi) is 4.59. The molecule has 0 aliphatic rings. The normalized spacial score (nSPS) is 8.58. The van der Waals surface area contributed by atoms with Crippen molar-refractivity contribution in [3.05, 3.63) is 0 Å². The van der Waals surface area contributed by atoms with Crippen LogP contribution >= 0.6 is 0 Å². The molecule has 0 atom stereocenters. The van der Waals surface area contributed by atoms with Gasteiger partial charge < -0.3 is 10.1 Å². The highest BCUT2D eigenvalue weighted by molar-refractivity contribution is 5.77. The van der Waals surface area contributed by atoms with E-state index >= 15 is 0 Å². The monoisotopic (exact) mass is 175 g/mol. The highest BCUT2D eigenvalue weighted by atomic mass is 16.6. The van der Waals surface area contributed by atoms with E-state index in [1.165, 1.54) is 14.1 Å². The van der Waals surface area contributed by atoms with Gasteiger partial charge in [-0.3, -0.25) is 0 Å². The molecule has 2 N–H and O–H groups in total. The van der Waals surface area contributed by atoms with Gasteiger partial charge in [-0.2, -0.15) is 0 Å². The summed E-state index contributed by atoms with van der Waals surface area (Å²) < 4.78 is 4.59. The first-order valence-corrected chi connectivity index (χ1v) is 3.50. The highest BCUT2D eigenvalue weighted by Crippen LogP contribution is 1.84. The largest absolute Gasteiger partial charge is 0.449 e. The molecule has 0 aliphatic carbocycles. The second kappa shape index (κ2) is 5.22. The van der Waals surface area contributed by atoms with Gasteiger partial charge in [-0.1, -0.05) is 0 Å². The summed E-state index contributed by atoms with van der Waals surface area (Å²) in [7, 11) is 2.85. The number of ether oxygens (including phenoxy) is 1. The third kappa shape index (κ3) is 3.65. The molecule has 0 aromatic carbocycles. The lowest BCUT2D eigenvalue weighted by atomic mass is 10.8. The van der Waals surface area contributed by atoms with Crippen molar-refractivity contribution in [1.29, 1.82) is 0 Å². The summed E-state index contributed by atoms with van der Waals surface area (Å²) in [5, 5.41) is 3.25. The van der Waals surface area contributed by atoms with Crippen molar-refractivity contribution >= 4 is 12.1 Å². The van der Waals surface area contributed by atoms with E-state index in [4.69, 9.17) is 0 Å². The van der Waals surface area contributed by atoms with E-state index < -0.39 is 12.1 Å². The summed E-state index contributed by atoms with van der Waals surface area (Å²) in [6.45, 7) is 1.96. The Bertz CT molecular complexity index is 171. The van der Waals surface area contributed by atoms with Crippen LogP contribution in [-0.4, -0.2) is 37.8 Å². The molecule has 70 valence electrons. The minimum Gasteiger partial charge on any atom is -0.449 e. The quantitative estimate of drug-likeness (QED) is 0.547. The van der Waals surface area contributed by atoms with E-state index in [1.807, 2.05) is 0 Å². The Morgan fingerprint density at radius 1 is 1.50 bits per heavy atom. The van der Waals surface area contributed by atoms with Crippen LogP contribution in [-0.2, 0) is 4.74 Å². The van der Waals surface area contributed by atoms with Gasteiger partial charge in [0.05, 0.1) is 6.61 Å². The summed E-state index contributed by atoms with van der Waals surface area (Å²) in [6, 6.07) is -0.467. The molecule has 0 rings (SSSR count). The molecule has 3 amide bonds. The summed E-state index contributed by atoms with van der Waals surface area (Å²) in [5.41, 5.74) is 2.22. The van der Waals surface area contributed by atoms with Gasteiger partial charge in [-0.05, 0) is 6.92 Å². The van der Waals surface area contributed by atoms with E-state index in [-0.39, 0.29) is 6.61 Å². The average molecular weight is 175 g/mol. The first kappa shape index (κ1) is 10.5. The molecule has 0 saturated heterocycles. The maximum Gasteiger partial charge on any atom is 0.428 e. The van der Waals surface area contributed by atoms with Gasteiger partial charge in [0.25, 0.3) is 0 Å². The fourth-order valence-corrected chi connectivity index (χ4v) is 0.474. The van der Waals surface area contributed by atoms with E-state index in [1.54, 1.807) is 6.92 Å². The number of hydrazine groups is 1. The van der Waals surface area contributed by atoms with Crippen molar-refractivity contribution in [2.75, 3.05) is 20.7 Å². The number of nitrogens with one attached hydrogen (secondary N) is 2. The zero-order valence-electron chi connectivity index (χ0n) is 7.38. The smallest absolute Gasteiger partial charge is 0.428 e. The maximum atomic E-state index is 10.9. The first-order chi connectivity index (χ1) is 5.61. The third-order valence-electron chi connectivity index (χ3n) is 1.04. The molecule has 0 aromatic heterocycles. The van der Waals surface area contributed by atoms with E-state index in [9.17, 15) is 9.59 Å². The maximum absolute atomic E-state index is 10.9. The molecule has 0 spiro atoms. The topological polar surface area (TPSA) is 70.7 Å². The molecule has 0 aliphatic heterocycles. The Morgan fingerprint density at radius 3 is 2.50 bits per heavy atom. The molecular weight excluding hydrogens is 162 g/mol. The lowest BCUT2D eigenvalue weighted by Gasteiger charge is -2.16. The van der Waals surface area contributed by atoms with Crippen LogP contribution in [0.25, 0.3) is 0 Å². The number of nitrogens with zero attached hydrogens (tertiary/aromatic N) is 1. The molecular formula is C6H13N3O3. The minimum absolute atomic E-state index is 0.276. The van der Waals surface area contributed by atoms with Crippen LogP contribution in [0.5, 0.6) is 0 Å². The molecule has 0 saturated carbocycles. The van der Waals surface area contributed by atoms with Crippen LogP contribution in [0.1, 0.15) is 6.92 Å². The molecule has 0 unspecified atom stereocenters. The molecule has 0 heterocycles. The predicted molar refractivity (Wildman–Crippen MR) is 42.4 cm³/mol. The van der Waals surface area contributed by atoms with Gasteiger partial charge in [0, 0.05) is 14.1 Å². The molecule has 0 aromatic rings. The number of urea groups is 1. The number of amides is 3. The number of rotatable bonds is 1. The Balaban J connectivity index is 3.78. The molecule has 0 bridgehead atoms. The average Bonchev–Trinajstić information content (AvgIpc) is 2.04. The van der Waals surface area contributed by atoms with Gasteiger partial charge in [-0.25, -0.2) is 20.0 Å². The zero-order valence-corrected chi connectivity index (χ0v) is 7.38. The van der Waals surface area contributed by atoms with Crippen LogP contribution in [0.3, 0.4) is 0 Å². The molecule has 12 heavy (non-hydrogen) atoms. The van der Waals surface area contributed by atoms with Crippen LogP contribution in [0, 0.1) is 0 Å². The highest BCUT2D eigenvalue weighted by Gasteiger charge is 2.10. The van der Waals surface area contributed by atoms with Gasteiger partial charge >= 0.3 is 12.1 Å². The summed E-state index contributed by atoms with van der Waals surface area (Å²) >= 11 is 0. The van der Waals surface area contributed by atoms with Crippen molar-refractivity contribution < 1.29 is 14.3 Å². The van der Waals surface area contributed by atoms with E-state index in [0.717, 1.165) is 5.01 Å². The van der Waals surface area contributed by atoms with Crippen molar-refractivity contribution in [2.45, 2.75) is 6.92 Å². The lowest BCUT2D eigenvalue weighted by molar-refractivity contribution is 0.102. The zero-order chi connectivity index (χ0) is 9.56. The fourth-order valence-electron chi connectivity index (χ4n) is 0.474. The van der Waals surface area contributed by atoms with E-state index in [0.29, 0.717) is 0 Å². The van der Waals surface area contributed by atoms with Crippen LogP contribution in [0.15, 0.2) is 0 Å². The summed E-state index contributed by atoms with van der Waals surface area (Å²) in [6.07, 6.45) is -0.596. The predicted octanol–water partition coefficient (Wildman–Crippen LogP) is -0.0813. The van der Waals surface area contributed by atoms with Crippen molar-refractivity contribution in [3.8, 4) is 0 Å². The Morgan fingerprint density at radius 2 is 2.08 bits per heavy atom. The lowest BCUT2D eigenvalue weighted by Crippen LogP contribution is -2.47. The number of hydrogen-bond acceptors (Lipinski definition) is 3. The summed E-state index contributed by atoms with van der Waals surface area (Å²) in [4.78, 5) is 21.5. The van der Waals surface area contributed by atoms with Crippen molar-refractivity contribution in [1.82, 2.24) is 15.8 Å². The van der Waals surface area contributed by atoms with Crippen LogP contribution in [0.4, 0.5) is 9.59 Å². The minimum atomic E-state index is -0.596. The number of hydrogen-bond donors (Lipinski definition) is 2. The molecule has 0 fully saturated rings. The SMILES string of the molecule is CCOC(=O)N(C)NC(=O)NC. The standard InChI is InChI=1S/C6H13N3O3/c1-4-12-6(11)9(3)8-5(10)7-2/h4H2,1-3H3,(H2,7,8,10). The third-order valence-corrected chi connectivity index (χ3v) is 1.04. The van der Waals surface area contributed by atoms with Crippen molar-refractivity contribution in [2.24, 2.45) is 0 Å². The molecule has 6 heteroatoms. The van der Waals surface area contributed by atoms with Gasteiger partial charge in [0.2, 0.25) is 0 Å². The fraction of sp³-hybridized carbons (Fsp3) is 0.667. The van der Waals surface area contributed by atoms with Gasteiger partial charge in [0.1, 0.15) is 0 Å².